The van der Waals surface area contributed by atoms with Crippen molar-refractivity contribution in [1.82, 2.24) is 0 Å². The summed E-state index contributed by atoms with van der Waals surface area (Å²) in [4.78, 5) is 0. The molecule has 0 amide bonds. The topological polar surface area (TPSA) is 38.7 Å². The molecule has 84 valence electrons. The lowest BCUT2D eigenvalue weighted by Crippen LogP contribution is -2.07. The summed E-state index contributed by atoms with van der Waals surface area (Å²) < 4.78 is 11.4. The summed E-state index contributed by atoms with van der Waals surface area (Å²) >= 11 is 3.37. The molecular weight excluding hydrogens is 260 g/mol. The van der Waals surface area contributed by atoms with Crippen LogP contribution in [-0.2, 0) is 6.42 Å². The number of hydrogen-bond acceptors (Lipinski definition) is 3. The lowest BCUT2D eigenvalue weighted by molar-refractivity contribution is 0.192. The lowest BCUT2D eigenvalue weighted by Gasteiger charge is -2.14. The minimum atomic E-state index is -0.422. The summed E-state index contributed by atoms with van der Waals surface area (Å²) in [5.41, 5.74) is 0.887. The Bertz CT molecular complexity index is 312. The van der Waals surface area contributed by atoms with Crippen molar-refractivity contribution < 1.29 is 14.6 Å². The monoisotopic (exact) mass is 274 g/mol. The van der Waals surface area contributed by atoms with Crippen LogP contribution in [0.2, 0.25) is 0 Å². The molecule has 3 nitrogen and oxygen atoms in total. The van der Waals surface area contributed by atoms with Gasteiger partial charge in [0.15, 0.2) is 0 Å². The van der Waals surface area contributed by atoms with Gasteiger partial charge in [-0.3, -0.25) is 0 Å². The largest absolute Gasteiger partial charge is 0.496 e. The van der Waals surface area contributed by atoms with Crippen molar-refractivity contribution in [3.8, 4) is 11.5 Å². The highest BCUT2D eigenvalue weighted by molar-refractivity contribution is 9.10. The van der Waals surface area contributed by atoms with Gasteiger partial charge >= 0.3 is 0 Å². The number of benzene rings is 1. The molecule has 0 heterocycles. The van der Waals surface area contributed by atoms with E-state index in [1.807, 2.05) is 12.1 Å². The van der Waals surface area contributed by atoms with Crippen LogP contribution in [0.4, 0.5) is 0 Å². The molecule has 1 atom stereocenters. The van der Waals surface area contributed by atoms with Crippen LogP contribution in [0.3, 0.4) is 0 Å². The second kappa shape index (κ2) is 5.37. The van der Waals surface area contributed by atoms with Crippen LogP contribution in [0.1, 0.15) is 12.5 Å². The molecule has 0 radical (unpaired) electrons. The van der Waals surface area contributed by atoms with Crippen molar-refractivity contribution in [3.63, 3.8) is 0 Å². The van der Waals surface area contributed by atoms with Crippen molar-refractivity contribution >= 4 is 15.9 Å². The predicted octanol–water partition coefficient (Wildman–Crippen LogP) is 2.39. The van der Waals surface area contributed by atoms with Gasteiger partial charge in [0.2, 0.25) is 0 Å². The van der Waals surface area contributed by atoms with E-state index in [4.69, 9.17) is 9.47 Å². The first-order chi connectivity index (χ1) is 7.08. The summed E-state index contributed by atoms with van der Waals surface area (Å²) in [7, 11) is 3.21. The first kappa shape index (κ1) is 12.3. The minimum absolute atomic E-state index is 0.422. The van der Waals surface area contributed by atoms with Gasteiger partial charge in [0.25, 0.3) is 0 Å². The van der Waals surface area contributed by atoms with E-state index in [-0.39, 0.29) is 0 Å². The van der Waals surface area contributed by atoms with E-state index in [9.17, 15) is 5.11 Å². The molecule has 0 aromatic heterocycles. The Morgan fingerprint density at radius 1 is 1.27 bits per heavy atom. The van der Waals surface area contributed by atoms with Crippen LogP contribution < -0.4 is 9.47 Å². The normalized spacial score (nSPS) is 12.3. The maximum absolute atomic E-state index is 9.39. The molecule has 0 aliphatic heterocycles. The van der Waals surface area contributed by atoms with Crippen LogP contribution in [0.25, 0.3) is 0 Å². The molecule has 1 rings (SSSR count). The van der Waals surface area contributed by atoms with Gasteiger partial charge in [-0.1, -0.05) is 15.9 Å². The third-order valence-corrected chi connectivity index (χ3v) is 2.53. The number of halogens is 1. The number of aliphatic hydroxyl groups excluding tert-OH is 1. The van der Waals surface area contributed by atoms with Gasteiger partial charge in [-0.05, 0) is 19.1 Å². The molecule has 0 unspecified atom stereocenters. The number of ether oxygens (including phenoxy) is 2. The molecule has 0 aliphatic rings. The van der Waals surface area contributed by atoms with Crippen molar-refractivity contribution in [3.05, 3.63) is 22.2 Å². The van der Waals surface area contributed by atoms with Crippen LogP contribution in [0, 0.1) is 0 Å². The van der Waals surface area contributed by atoms with Gasteiger partial charge < -0.3 is 14.6 Å². The SMILES string of the molecule is COc1cc(Br)cc(OC)c1C[C@@H](C)O. The van der Waals surface area contributed by atoms with E-state index in [1.54, 1.807) is 21.1 Å². The molecule has 0 saturated carbocycles. The van der Waals surface area contributed by atoms with Gasteiger partial charge in [0.05, 0.1) is 20.3 Å². The number of hydrogen-bond donors (Lipinski definition) is 1. The van der Waals surface area contributed by atoms with Crippen LogP contribution in [0.15, 0.2) is 16.6 Å². The average Bonchev–Trinajstić information content (AvgIpc) is 2.19. The van der Waals surface area contributed by atoms with E-state index >= 15 is 0 Å². The van der Waals surface area contributed by atoms with E-state index in [0.29, 0.717) is 6.42 Å². The Kier molecular flexibility index (Phi) is 4.42. The summed E-state index contributed by atoms with van der Waals surface area (Å²) in [6.45, 7) is 1.74. The highest BCUT2D eigenvalue weighted by Gasteiger charge is 2.13. The summed E-state index contributed by atoms with van der Waals surface area (Å²) in [6, 6.07) is 3.72. The zero-order chi connectivity index (χ0) is 11.4. The molecule has 0 saturated heterocycles. The van der Waals surface area contributed by atoms with Crippen molar-refractivity contribution in [1.29, 1.82) is 0 Å². The maximum atomic E-state index is 9.39. The fourth-order valence-corrected chi connectivity index (χ4v) is 1.86. The number of aliphatic hydroxyl groups is 1. The van der Waals surface area contributed by atoms with E-state index in [2.05, 4.69) is 15.9 Å². The fraction of sp³-hybridized carbons (Fsp3) is 0.455. The predicted molar refractivity (Wildman–Crippen MR) is 62.6 cm³/mol. The molecule has 15 heavy (non-hydrogen) atoms. The molecule has 4 heteroatoms. The molecule has 0 bridgehead atoms. The Hall–Kier alpha value is -0.740. The van der Waals surface area contributed by atoms with Gasteiger partial charge in [-0.25, -0.2) is 0 Å². The Morgan fingerprint density at radius 3 is 2.07 bits per heavy atom. The van der Waals surface area contributed by atoms with Crippen molar-refractivity contribution in [2.45, 2.75) is 19.4 Å². The van der Waals surface area contributed by atoms with Crippen molar-refractivity contribution in [2.24, 2.45) is 0 Å². The Morgan fingerprint density at radius 2 is 1.73 bits per heavy atom. The number of rotatable bonds is 4. The third kappa shape index (κ3) is 3.11. The Balaban J connectivity index is 3.18. The first-order valence-corrected chi connectivity index (χ1v) is 5.46. The summed E-state index contributed by atoms with van der Waals surface area (Å²) in [5.74, 6) is 1.45. The van der Waals surface area contributed by atoms with Gasteiger partial charge in [-0.2, -0.15) is 0 Å². The third-order valence-electron chi connectivity index (χ3n) is 2.07. The molecule has 1 aromatic carbocycles. The van der Waals surface area contributed by atoms with Gasteiger partial charge in [-0.15, -0.1) is 0 Å². The Labute approximate surface area is 98.1 Å². The molecule has 0 aliphatic carbocycles. The average molecular weight is 275 g/mol. The highest BCUT2D eigenvalue weighted by atomic mass is 79.9. The summed E-state index contributed by atoms with van der Waals surface area (Å²) in [5, 5.41) is 9.39. The molecule has 0 fully saturated rings. The van der Waals surface area contributed by atoms with Crippen LogP contribution in [-0.4, -0.2) is 25.4 Å². The second-order valence-corrected chi connectivity index (χ2v) is 4.26. The highest BCUT2D eigenvalue weighted by Crippen LogP contribution is 2.33. The number of methoxy groups -OCH3 is 2. The minimum Gasteiger partial charge on any atom is -0.496 e. The quantitative estimate of drug-likeness (QED) is 0.917. The van der Waals surface area contributed by atoms with Gasteiger partial charge in [0.1, 0.15) is 11.5 Å². The first-order valence-electron chi connectivity index (χ1n) is 4.67. The van der Waals surface area contributed by atoms with E-state index < -0.39 is 6.10 Å². The van der Waals surface area contributed by atoms with Crippen molar-refractivity contribution in [2.75, 3.05) is 14.2 Å². The molecule has 0 spiro atoms. The van der Waals surface area contributed by atoms with Crippen LogP contribution >= 0.6 is 15.9 Å². The maximum Gasteiger partial charge on any atom is 0.126 e. The van der Waals surface area contributed by atoms with Crippen LogP contribution in [0.5, 0.6) is 11.5 Å². The van der Waals surface area contributed by atoms with E-state index in [1.165, 1.54) is 0 Å². The summed E-state index contributed by atoms with van der Waals surface area (Å²) in [6.07, 6.45) is 0.0913. The van der Waals surface area contributed by atoms with Gasteiger partial charge in [0, 0.05) is 16.5 Å². The standard InChI is InChI=1S/C11H15BrO3/c1-7(13)4-9-10(14-2)5-8(12)6-11(9)15-3/h5-7,13H,4H2,1-3H3/t7-/m1/s1. The zero-order valence-electron chi connectivity index (χ0n) is 9.08. The fourth-order valence-electron chi connectivity index (χ4n) is 1.45. The second-order valence-electron chi connectivity index (χ2n) is 3.34. The zero-order valence-corrected chi connectivity index (χ0v) is 10.7. The molecule has 1 N–H and O–H groups in total. The molecular formula is C11H15BrO3. The lowest BCUT2D eigenvalue weighted by atomic mass is 10.1. The smallest absolute Gasteiger partial charge is 0.126 e. The van der Waals surface area contributed by atoms with E-state index in [0.717, 1.165) is 21.5 Å². The molecule has 1 aromatic rings.